The summed E-state index contributed by atoms with van der Waals surface area (Å²) in [6, 6.07) is 14.1. The molecule has 1 aliphatic heterocycles. The SMILES string of the molecule is CN(Cc1ncc(-c2ccccc2)[nH]1)C(=NCC1CCCO1)NCCc1ccco1.I. The molecular weight excluding hydrogens is 505 g/mol. The molecule has 1 atom stereocenters. The van der Waals surface area contributed by atoms with E-state index in [1.165, 1.54) is 0 Å². The number of hydrogen-bond donors (Lipinski definition) is 2. The Bertz CT molecular complexity index is 921. The van der Waals surface area contributed by atoms with Crippen LogP contribution in [0.1, 0.15) is 24.4 Å². The molecule has 7 nitrogen and oxygen atoms in total. The van der Waals surface area contributed by atoms with Crippen LogP contribution in [0.5, 0.6) is 0 Å². The van der Waals surface area contributed by atoms with E-state index >= 15 is 0 Å². The number of benzene rings is 1. The van der Waals surface area contributed by atoms with Gasteiger partial charge in [0.1, 0.15) is 11.6 Å². The first-order valence-corrected chi connectivity index (χ1v) is 10.5. The zero-order valence-corrected chi connectivity index (χ0v) is 20.1. The highest BCUT2D eigenvalue weighted by Crippen LogP contribution is 2.17. The van der Waals surface area contributed by atoms with Gasteiger partial charge in [-0.25, -0.2) is 4.98 Å². The van der Waals surface area contributed by atoms with E-state index in [1.807, 2.05) is 43.6 Å². The molecule has 2 aromatic heterocycles. The lowest BCUT2D eigenvalue weighted by molar-refractivity contribution is 0.117. The van der Waals surface area contributed by atoms with Gasteiger partial charge in [-0.15, -0.1) is 24.0 Å². The van der Waals surface area contributed by atoms with Crippen LogP contribution in [0.15, 0.2) is 64.3 Å². The second kappa shape index (κ2) is 11.9. The Balaban J connectivity index is 0.00000272. The number of aromatic amines is 1. The third kappa shape index (κ3) is 6.83. The molecule has 1 saturated heterocycles. The fraction of sp³-hybridized carbons (Fsp3) is 0.391. The first-order chi connectivity index (χ1) is 14.8. The van der Waals surface area contributed by atoms with Gasteiger partial charge in [-0.3, -0.25) is 4.99 Å². The molecule has 8 heteroatoms. The van der Waals surface area contributed by atoms with Gasteiger partial charge in [-0.05, 0) is 30.5 Å². The highest BCUT2D eigenvalue weighted by molar-refractivity contribution is 14.0. The summed E-state index contributed by atoms with van der Waals surface area (Å²) in [6.45, 7) is 2.88. The maximum Gasteiger partial charge on any atom is 0.194 e. The minimum absolute atomic E-state index is 0. The number of aliphatic imine (C=N–C) groups is 1. The van der Waals surface area contributed by atoms with E-state index < -0.39 is 0 Å². The zero-order chi connectivity index (χ0) is 20.6. The van der Waals surface area contributed by atoms with Crippen molar-refractivity contribution in [2.75, 3.05) is 26.7 Å². The molecule has 0 spiro atoms. The Kier molecular flexibility index (Phi) is 8.96. The van der Waals surface area contributed by atoms with Crippen molar-refractivity contribution in [1.82, 2.24) is 20.2 Å². The Morgan fingerprint density at radius 3 is 2.87 bits per heavy atom. The van der Waals surface area contributed by atoms with E-state index in [-0.39, 0.29) is 30.1 Å². The second-order valence-corrected chi connectivity index (χ2v) is 7.52. The largest absolute Gasteiger partial charge is 0.469 e. The van der Waals surface area contributed by atoms with Crippen LogP contribution in [0.25, 0.3) is 11.3 Å². The van der Waals surface area contributed by atoms with Gasteiger partial charge < -0.3 is 24.4 Å². The average Bonchev–Trinajstić information content (AvgIpc) is 3.54. The first kappa shape index (κ1) is 23.3. The Morgan fingerprint density at radius 2 is 2.13 bits per heavy atom. The second-order valence-electron chi connectivity index (χ2n) is 7.52. The lowest BCUT2D eigenvalue weighted by atomic mass is 10.2. The number of furan rings is 1. The predicted molar refractivity (Wildman–Crippen MR) is 133 cm³/mol. The predicted octanol–water partition coefficient (Wildman–Crippen LogP) is 4.09. The van der Waals surface area contributed by atoms with Gasteiger partial charge in [0, 0.05) is 26.6 Å². The number of rotatable bonds is 8. The number of ether oxygens (including phenoxy) is 1. The fourth-order valence-electron chi connectivity index (χ4n) is 3.55. The fourth-order valence-corrected chi connectivity index (χ4v) is 3.55. The third-order valence-electron chi connectivity index (χ3n) is 5.17. The van der Waals surface area contributed by atoms with Crippen LogP contribution in [0.4, 0.5) is 0 Å². The summed E-state index contributed by atoms with van der Waals surface area (Å²) in [7, 11) is 2.03. The van der Waals surface area contributed by atoms with Crippen molar-refractivity contribution < 1.29 is 9.15 Å². The summed E-state index contributed by atoms with van der Waals surface area (Å²) < 4.78 is 11.2. The smallest absolute Gasteiger partial charge is 0.194 e. The summed E-state index contributed by atoms with van der Waals surface area (Å²) in [4.78, 5) is 14.9. The van der Waals surface area contributed by atoms with E-state index in [9.17, 15) is 0 Å². The van der Waals surface area contributed by atoms with Gasteiger partial charge in [-0.1, -0.05) is 30.3 Å². The van der Waals surface area contributed by atoms with Crippen molar-refractivity contribution >= 4 is 29.9 Å². The van der Waals surface area contributed by atoms with Crippen molar-refractivity contribution in [3.05, 3.63) is 66.5 Å². The molecule has 1 aromatic carbocycles. The van der Waals surface area contributed by atoms with Crippen LogP contribution in [0.2, 0.25) is 0 Å². The molecule has 0 amide bonds. The average molecular weight is 535 g/mol. The highest BCUT2D eigenvalue weighted by atomic mass is 127. The molecule has 1 aliphatic rings. The number of imidazole rings is 1. The lowest BCUT2D eigenvalue weighted by Crippen LogP contribution is -2.40. The van der Waals surface area contributed by atoms with Crippen molar-refractivity contribution in [1.29, 1.82) is 0 Å². The minimum Gasteiger partial charge on any atom is -0.469 e. The number of nitrogens with one attached hydrogen (secondary N) is 2. The quantitative estimate of drug-likeness (QED) is 0.258. The summed E-state index contributed by atoms with van der Waals surface area (Å²) >= 11 is 0. The number of halogens is 1. The Morgan fingerprint density at radius 1 is 1.26 bits per heavy atom. The maximum atomic E-state index is 5.73. The standard InChI is InChI=1S/C23H29N5O2.HI/c1-28(17-22-25-16-21(27-22)18-7-3-2-4-8-18)23(26-15-20-10-6-14-30-20)24-12-11-19-9-5-13-29-19;/h2-5,7-9,13,16,20H,6,10-12,14-15,17H2,1H3,(H,24,26)(H,25,27);1H. The molecular formula is C23H30IN5O2. The van der Waals surface area contributed by atoms with E-state index in [0.717, 1.165) is 61.2 Å². The molecule has 4 rings (SSSR count). The van der Waals surface area contributed by atoms with Crippen LogP contribution >= 0.6 is 24.0 Å². The normalized spacial score (nSPS) is 16.2. The molecule has 3 heterocycles. The zero-order valence-electron chi connectivity index (χ0n) is 17.8. The minimum atomic E-state index is 0. The Hall–Kier alpha value is -2.33. The summed E-state index contributed by atoms with van der Waals surface area (Å²) in [5.74, 6) is 2.70. The third-order valence-corrected chi connectivity index (χ3v) is 5.17. The molecule has 3 aromatic rings. The van der Waals surface area contributed by atoms with Crippen molar-refractivity contribution in [2.45, 2.75) is 31.9 Å². The maximum absolute atomic E-state index is 5.73. The van der Waals surface area contributed by atoms with Crippen LogP contribution in [-0.2, 0) is 17.7 Å². The number of H-pyrrole nitrogens is 1. The molecule has 1 unspecified atom stereocenters. The monoisotopic (exact) mass is 535 g/mol. The molecule has 0 aliphatic carbocycles. The van der Waals surface area contributed by atoms with Gasteiger partial charge >= 0.3 is 0 Å². The van der Waals surface area contributed by atoms with E-state index in [2.05, 4.69) is 32.3 Å². The Labute approximate surface area is 200 Å². The van der Waals surface area contributed by atoms with Crippen LogP contribution < -0.4 is 5.32 Å². The van der Waals surface area contributed by atoms with E-state index in [0.29, 0.717) is 13.1 Å². The molecule has 1 fully saturated rings. The number of nitrogens with zero attached hydrogens (tertiary/aromatic N) is 3. The summed E-state index contributed by atoms with van der Waals surface area (Å²) in [5, 5.41) is 3.46. The van der Waals surface area contributed by atoms with Gasteiger partial charge in [0.25, 0.3) is 0 Å². The summed E-state index contributed by atoms with van der Waals surface area (Å²) in [6.07, 6.45) is 6.80. The lowest BCUT2D eigenvalue weighted by Gasteiger charge is -2.22. The molecule has 0 bridgehead atoms. The van der Waals surface area contributed by atoms with E-state index in [4.69, 9.17) is 14.1 Å². The first-order valence-electron chi connectivity index (χ1n) is 10.5. The molecule has 166 valence electrons. The molecule has 0 saturated carbocycles. The van der Waals surface area contributed by atoms with E-state index in [1.54, 1.807) is 6.26 Å². The van der Waals surface area contributed by atoms with Crippen molar-refractivity contribution in [3.63, 3.8) is 0 Å². The van der Waals surface area contributed by atoms with Crippen LogP contribution in [0, 0.1) is 0 Å². The van der Waals surface area contributed by atoms with Crippen molar-refractivity contribution in [2.24, 2.45) is 4.99 Å². The van der Waals surface area contributed by atoms with Crippen molar-refractivity contribution in [3.8, 4) is 11.3 Å². The number of guanidine groups is 1. The number of aromatic nitrogens is 2. The van der Waals surface area contributed by atoms with Gasteiger partial charge in [0.05, 0.1) is 37.3 Å². The molecule has 0 radical (unpaired) electrons. The van der Waals surface area contributed by atoms with Crippen LogP contribution in [0.3, 0.4) is 0 Å². The molecule has 2 N–H and O–H groups in total. The number of hydrogen-bond acceptors (Lipinski definition) is 4. The van der Waals surface area contributed by atoms with Crippen LogP contribution in [-0.4, -0.2) is 53.7 Å². The van der Waals surface area contributed by atoms with Gasteiger partial charge in [-0.2, -0.15) is 0 Å². The highest BCUT2D eigenvalue weighted by Gasteiger charge is 2.16. The molecule has 31 heavy (non-hydrogen) atoms. The van der Waals surface area contributed by atoms with Gasteiger partial charge in [0.15, 0.2) is 5.96 Å². The van der Waals surface area contributed by atoms with Gasteiger partial charge in [0.2, 0.25) is 0 Å². The topological polar surface area (TPSA) is 78.7 Å². The summed E-state index contributed by atoms with van der Waals surface area (Å²) in [5.41, 5.74) is 2.14.